The summed E-state index contributed by atoms with van der Waals surface area (Å²) in [4.78, 5) is 17.2. The highest BCUT2D eigenvalue weighted by atomic mass is 16.3. The number of aldehydes is 1. The molecular weight excluding hydrogens is 206 g/mol. The van der Waals surface area contributed by atoms with Gasteiger partial charge in [-0.3, -0.25) is 9.20 Å². The molecule has 5 nitrogen and oxygen atoms in total. The van der Waals surface area contributed by atoms with Crippen LogP contribution in [0.3, 0.4) is 0 Å². The zero-order chi connectivity index (χ0) is 11.5. The number of aliphatic hydroxyl groups is 1. The summed E-state index contributed by atoms with van der Waals surface area (Å²) in [6, 6.07) is 5.55. The highest BCUT2D eigenvalue weighted by Crippen LogP contribution is 2.18. The van der Waals surface area contributed by atoms with Crippen LogP contribution in [0.1, 0.15) is 10.5 Å². The van der Waals surface area contributed by atoms with E-state index in [2.05, 4.69) is 4.98 Å². The van der Waals surface area contributed by atoms with Crippen molar-refractivity contribution >= 4 is 17.8 Å². The maximum atomic E-state index is 11.1. The van der Waals surface area contributed by atoms with Crippen molar-refractivity contribution in [3.8, 4) is 0 Å². The molecule has 0 radical (unpaired) electrons. The van der Waals surface area contributed by atoms with E-state index in [1.54, 1.807) is 22.5 Å². The van der Waals surface area contributed by atoms with Crippen LogP contribution in [-0.4, -0.2) is 41.0 Å². The minimum Gasteiger partial charge on any atom is -0.395 e. The molecule has 1 N–H and O–H groups in total. The molecule has 2 aromatic heterocycles. The van der Waals surface area contributed by atoms with Crippen molar-refractivity contribution < 1.29 is 9.90 Å². The van der Waals surface area contributed by atoms with E-state index in [0.29, 0.717) is 18.1 Å². The maximum absolute atomic E-state index is 11.1. The van der Waals surface area contributed by atoms with E-state index >= 15 is 0 Å². The predicted octanol–water partition coefficient (Wildman–Crippen LogP) is 0.575. The van der Waals surface area contributed by atoms with Gasteiger partial charge in [-0.25, -0.2) is 4.98 Å². The largest absolute Gasteiger partial charge is 0.395 e. The standard InChI is InChI=1S/C11H13N3O2/c1-13(6-7-15)11-9(8-16)14-5-3-2-4-10(14)12-11/h2-5,8,15H,6-7H2,1H3. The lowest BCUT2D eigenvalue weighted by Gasteiger charge is -2.14. The van der Waals surface area contributed by atoms with Gasteiger partial charge in [0.05, 0.1) is 6.61 Å². The Bertz CT molecular complexity index is 507. The lowest BCUT2D eigenvalue weighted by Crippen LogP contribution is -2.22. The molecule has 0 unspecified atom stereocenters. The Balaban J connectivity index is 2.56. The van der Waals surface area contributed by atoms with Crippen LogP contribution in [0.4, 0.5) is 5.82 Å². The van der Waals surface area contributed by atoms with E-state index in [1.807, 2.05) is 18.2 Å². The highest BCUT2D eigenvalue weighted by molar-refractivity contribution is 5.83. The number of aliphatic hydroxyl groups excluding tert-OH is 1. The van der Waals surface area contributed by atoms with E-state index < -0.39 is 0 Å². The molecule has 2 aromatic rings. The summed E-state index contributed by atoms with van der Waals surface area (Å²) in [6.07, 6.45) is 2.57. The summed E-state index contributed by atoms with van der Waals surface area (Å²) in [5.74, 6) is 0.593. The van der Waals surface area contributed by atoms with E-state index in [4.69, 9.17) is 5.11 Å². The number of pyridine rings is 1. The molecule has 0 saturated heterocycles. The van der Waals surface area contributed by atoms with Crippen LogP contribution in [0, 0.1) is 0 Å². The van der Waals surface area contributed by atoms with Gasteiger partial charge >= 0.3 is 0 Å². The molecule has 2 heterocycles. The van der Waals surface area contributed by atoms with Crippen molar-refractivity contribution in [2.75, 3.05) is 25.1 Å². The second kappa shape index (κ2) is 4.32. The fourth-order valence-corrected chi connectivity index (χ4v) is 1.65. The van der Waals surface area contributed by atoms with Crippen molar-refractivity contribution in [1.29, 1.82) is 0 Å². The second-order valence-electron chi connectivity index (χ2n) is 3.51. The number of nitrogens with zero attached hydrogens (tertiary/aromatic N) is 3. The van der Waals surface area contributed by atoms with Gasteiger partial charge < -0.3 is 10.0 Å². The quantitative estimate of drug-likeness (QED) is 0.764. The van der Waals surface area contributed by atoms with Gasteiger partial charge in [-0.1, -0.05) is 6.07 Å². The minimum absolute atomic E-state index is 0.0304. The third-order valence-corrected chi connectivity index (χ3v) is 2.46. The van der Waals surface area contributed by atoms with Crippen molar-refractivity contribution in [1.82, 2.24) is 9.38 Å². The first kappa shape index (κ1) is 10.6. The fourth-order valence-electron chi connectivity index (χ4n) is 1.65. The molecule has 5 heteroatoms. The Morgan fingerprint density at radius 1 is 1.56 bits per heavy atom. The Morgan fingerprint density at radius 3 is 3.06 bits per heavy atom. The molecule has 16 heavy (non-hydrogen) atoms. The van der Waals surface area contributed by atoms with Crippen LogP contribution >= 0.6 is 0 Å². The molecule has 0 amide bonds. The topological polar surface area (TPSA) is 57.8 Å². The Hall–Kier alpha value is -1.88. The number of rotatable bonds is 4. The van der Waals surface area contributed by atoms with Crippen LogP contribution in [0.25, 0.3) is 5.65 Å². The van der Waals surface area contributed by atoms with Crippen molar-refractivity contribution in [3.63, 3.8) is 0 Å². The molecule has 0 spiro atoms. The van der Waals surface area contributed by atoms with Gasteiger partial charge in [0.15, 0.2) is 12.1 Å². The van der Waals surface area contributed by atoms with Crippen LogP contribution in [0.5, 0.6) is 0 Å². The maximum Gasteiger partial charge on any atom is 0.170 e. The van der Waals surface area contributed by atoms with Gasteiger partial charge in [-0.15, -0.1) is 0 Å². The molecule has 0 bridgehead atoms. The summed E-state index contributed by atoms with van der Waals surface area (Å²) < 4.78 is 1.73. The van der Waals surface area contributed by atoms with E-state index in [9.17, 15) is 4.79 Å². The molecule has 0 fully saturated rings. The number of likely N-dealkylation sites (N-methyl/N-ethyl adjacent to an activating group) is 1. The number of aromatic nitrogens is 2. The van der Waals surface area contributed by atoms with E-state index in [1.165, 1.54) is 0 Å². The summed E-state index contributed by atoms with van der Waals surface area (Å²) in [6.45, 7) is 0.480. The SMILES string of the molecule is CN(CCO)c1nc2ccccn2c1C=O. The summed E-state index contributed by atoms with van der Waals surface area (Å²) in [5, 5.41) is 8.87. The molecule has 84 valence electrons. The minimum atomic E-state index is 0.0304. The predicted molar refractivity (Wildman–Crippen MR) is 60.9 cm³/mol. The summed E-state index contributed by atoms with van der Waals surface area (Å²) in [5.41, 5.74) is 1.23. The van der Waals surface area contributed by atoms with Gasteiger partial charge in [0.1, 0.15) is 11.3 Å². The third kappa shape index (κ3) is 1.65. The van der Waals surface area contributed by atoms with Gasteiger partial charge in [-0.2, -0.15) is 0 Å². The lowest BCUT2D eigenvalue weighted by molar-refractivity contribution is 0.111. The average molecular weight is 219 g/mol. The van der Waals surface area contributed by atoms with Crippen LogP contribution in [-0.2, 0) is 0 Å². The smallest absolute Gasteiger partial charge is 0.170 e. The number of hydrogen-bond donors (Lipinski definition) is 1. The van der Waals surface area contributed by atoms with Gasteiger partial charge in [0, 0.05) is 19.8 Å². The van der Waals surface area contributed by atoms with Crippen molar-refractivity contribution in [2.24, 2.45) is 0 Å². The normalized spacial score (nSPS) is 10.6. The molecule has 0 aliphatic carbocycles. The Labute approximate surface area is 92.9 Å². The van der Waals surface area contributed by atoms with Crippen molar-refractivity contribution in [2.45, 2.75) is 0 Å². The summed E-state index contributed by atoms with van der Waals surface area (Å²) >= 11 is 0. The molecule has 0 aliphatic heterocycles. The van der Waals surface area contributed by atoms with Gasteiger partial charge in [-0.05, 0) is 12.1 Å². The highest BCUT2D eigenvalue weighted by Gasteiger charge is 2.14. The average Bonchev–Trinajstić information content (AvgIpc) is 2.67. The molecule has 0 aliphatic rings. The molecule has 2 rings (SSSR count). The van der Waals surface area contributed by atoms with Crippen LogP contribution in [0.2, 0.25) is 0 Å². The molecule has 0 saturated carbocycles. The number of carbonyl (C=O) groups is 1. The molecule has 0 atom stereocenters. The van der Waals surface area contributed by atoms with Crippen LogP contribution < -0.4 is 4.90 Å². The molecule has 0 aromatic carbocycles. The first-order valence-electron chi connectivity index (χ1n) is 5.02. The zero-order valence-electron chi connectivity index (χ0n) is 9.00. The van der Waals surface area contributed by atoms with Crippen LogP contribution in [0.15, 0.2) is 24.4 Å². The second-order valence-corrected chi connectivity index (χ2v) is 3.51. The van der Waals surface area contributed by atoms with Crippen molar-refractivity contribution in [3.05, 3.63) is 30.1 Å². The monoisotopic (exact) mass is 219 g/mol. The summed E-state index contributed by atoms with van der Waals surface area (Å²) in [7, 11) is 1.80. The van der Waals surface area contributed by atoms with Gasteiger partial charge in [0.2, 0.25) is 0 Å². The number of fused-ring (bicyclic) bond motifs is 1. The first-order valence-corrected chi connectivity index (χ1v) is 5.02. The fraction of sp³-hybridized carbons (Fsp3) is 0.273. The van der Waals surface area contributed by atoms with Gasteiger partial charge in [0.25, 0.3) is 0 Å². The number of carbonyl (C=O) groups excluding carboxylic acids is 1. The third-order valence-electron chi connectivity index (χ3n) is 2.46. The number of anilines is 1. The number of imidazole rings is 1. The lowest BCUT2D eigenvalue weighted by atomic mass is 10.4. The first-order chi connectivity index (χ1) is 7.77. The molecular formula is C11H13N3O2. The zero-order valence-corrected chi connectivity index (χ0v) is 9.00. The number of hydrogen-bond acceptors (Lipinski definition) is 4. The van der Waals surface area contributed by atoms with E-state index in [-0.39, 0.29) is 6.61 Å². The Morgan fingerprint density at radius 2 is 2.38 bits per heavy atom. The Kier molecular flexibility index (Phi) is 2.87. The van der Waals surface area contributed by atoms with E-state index in [0.717, 1.165) is 11.9 Å².